The third kappa shape index (κ3) is 1.53. The highest BCUT2D eigenvalue weighted by molar-refractivity contribution is 5.12. The predicted molar refractivity (Wildman–Crippen MR) is 67.5 cm³/mol. The molecule has 4 rings (SSSR count). The van der Waals surface area contributed by atoms with Crippen molar-refractivity contribution >= 4 is 0 Å². The van der Waals surface area contributed by atoms with E-state index in [-0.39, 0.29) is 10.8 Å². The maximum atomic E-state index is 10.8. The SMILES string of the molecule is CCC(C)(O)C12CC3CC(CC(CO)(C3)C1)C2. The molecule has 17 heavy (non-hydrogen) atoms. The molecule has 4 aliphatic rings. The molecule has 4 aliphatic carbocycles. The van der Waals surface area contributed by atoms with Crippen molar-refractivity contribution in [2.24, 2.45) is 22.7 Å². The summed E-state index contributed by atoms with van der Waals surface area (Å²) in [5.41, 5.74) is -0.275. The van der Waals surface area contributed by atoms with E-state index in [0.717, 1.165) is 24.7 Å². The summed E-state index contributed by atoms with van der Waals surface area (Å²) in [6, 6.07) is 0. The van der Waals surface area contributed by atoms with Gasteiger partial charge in [0.05, 0.1) is 5.60 Å². The van der Waals surface area contributed by atoms with Gasteiger partial charge in [0, 0.05) is 6.61 Å². The van der Waals surface area contributed by atoms with Crippen molar-refractivity contribution in [2.75, 3.05) is 6.61 Å². The average molecular weight is 238 g/mol. The zero-order valence-corrected chi connectivity index (χ0v) is 11.2. The molecule has 0 aliphatic heterocycles. The normalized spacial score (nSPS) is 51.5. The van der Waals surface area contributed by atoms with Gasteiger partial charge in [0.15, 0.2) is 0 Å². The van der Waals surface area contributed by atoms with Gasteiger partial charge in [-0.05, 0) is 74.5 Å². The molecule has 0 saturated heterocycles. The zero-order chi connectivity index (χ0) is 12.3. The van der Waals surface area contributed by atoms with Gasteiger partial charge in [0.2, 0.25) is 0 Å². The van der Waals surface area contributed by atoms with E-state index in [1.807, 2.05) is 6.92 Å². The Labute approximate surface area is 104 Å². The monoisotopic (exact) mass is 238 g/mol. The number of aliphatic hydroxyl groups excluding tert-OH is 1. The Morgan fingerprint density at radius 2 is 1.76 bits per heavy atom. The molecule has 2 nitrogen and oxygen atoms in total. The molecule has 0 heterocycles. The summed E-state index contributed by atoms with van der Waals surface area (Å²) < 4.78 is 0. The molecule has 4 bridgehead atoms. The fourth-order valence-electron chi connectivity index (χ4n) is 5.64. The van der Waals surface area contributed by atoms with Gasteiger partial charge in [-0.1, -0.05) is 6.92 Å². The number of hydrogen-bond donors (Lipinski definition) is 2. The molecule has 0 aromatic heterocycles. The summed E-state index contributed by atoms with van der Waals surface area (Å²) >= 11 is 0. The molecule has 0 spiro atoms. The Bertz CT molecular complexity index is 307. The minimum atomic E-state index is -0.537. The standard InChI is InChI=1S/C15H26O2/c1-3-13(2,17)15-7-11-4-12(8-15)6-14(5-11,9-15)10-16/h11-12,16-17H,3-10H2,1-2H3. The fraction of sp³-hybridized carbons (Fsp3) is 1.00. The maximum absolute atomic E-state index is 10.8. The van der Waals surface area contributed by atoms with Crippen LogP contribution in [0.5, 0.6) is 0 Å². The molecule has 3 atom stereocenters. The fourth-order valence-corrected chi connectivity index (χ4v) is 5.64. The minimum absolute atomic E-state index is 0.106. The molecule has 3 unspecified atom stereocenters. The van der Waals surface area contributed by atoms with Gasteiger partial charge < -0.3 is 10.2 Å². The summed E-state index contributed by atoms with van der Waals surface area (Å²) in [7, 11) is 0. The van der Waals surface area contributed by atoms with E-state index in [1.54, 1.807) is 0 Å². The first-order valence-corrected chi connectivity index (χ1v) is 7.27. The molecular weight excluding hydrogens is 212 g/mol. The third-order valence-electron chi connectivity index (χ3n) is 6.35. The molecule has 4 fully saturated rings. The highest BCUT2D eigenvalue weighted by atomic mass is 16.3. The van der Waals surface area contributed by atoms with Crippen LogP contribution in [0, 0.1) is 22.7 Å². The van der Waals surface area contributed by atoms with Gasteiger partial charge in [-0.2, -0.15) is 0 Å². The molecule has 4 saturated carbocycles. The molecule has 2 heteroatoms. The lowest BCUT2D eigenvalue weighted by molar-refractivity contribution is -0.207. The second kappa shape index (κ2) is 3.48. The van der Waals surface area contributed by atoms with E-state index in [0.29, 0.717) is 6.61 Å². The van der Waals surface area contributed by atoms with E-state index in [9.17, 15) is 10.2 Å². The van der Waals surface area contributed by atoms with Crippen LogP contribution < -0.4 is 0 Å². The van der Waals surface area contributed by atoms with Crippen LogP contribution in [0.15, 0.2) is 0 Å². The number of hydrogen-bond acceptors (Lipinski definition) is 2. The van der Waals surface area contributed by atoms with Crippen LogP contribution >= 0.6 is 0 Å². The number of aliphatic hydroxyl groups is 2. The summed E-state index contributed by atoms with van der Waals surface area (Å²) in [5.74, 6) is 1.53. The van der Waals surface area contributed by atoms with Crippen LogP contribution in [0.1, 0.15) is 58.8 Å². The van der Waals surface area contributed by atoms with Gasteiger partial charge in [-0.3, -0.25) is 0 Å². The molecule has 0 aromatic carbocycles. The molecule has 0 amide bonds. The molecule has 2 N–H and O–H groups in total. The van der Waals surface area contributed by atoms with Crippen molar-refractivity contribution in [1.29, 1.82) is 0 Å². The van der Waals surface area contributed by atoms with E-state index in [4.69, 9.17) is 0 Å². The molecular formula is C15H26O2. The van der Waals surface area contributed by atoms with E-state index in [2.05, 4.69) is 6.92 Å². The van der Waals surface area contributed by atoms with Crippen LogP contribution in [-0.2, 0) is 0 Å². The summed E-state index contributed by atoms with van der Waals surface area (Å²) in [6.07, 6.45) is 8.07. The lowest BCUT2D eigenvalue weighted by Crippen LogP contribution is -2.61. The van der Waals surface area contributed by atoms with Gasteiger partial charge in [-0.15, -0.1) is 0 Å². The van der Waals surface area contributed by atoms with Crippen molar-refractivity contribution in [1.82, 2.24) is 0 Å². The van der Waals surface area contributed by atoms with Gasteiger partial charge in [-0.25, -0.2) is 0 Å². The Hall–Kier alpha value is -0.0800. The first-order chi connectivity index (χ1) is 7.94. The first-order valence-electron chi connectivity index (χ1n) is 7.27. The second-order valence-electron chi connectivity index (χ2n) is 7.53. The van der Waals surface area contributed by atoms with Crippen molar-refractivity contribution in [3.63, 3.8) is 0 Å². The van der Waals surface area contributed by atoms with E-state index in [1.165, 1.54) is 32.1 Å². The molecule has 0 radical (unpaired) electrons. The lowest BCUT2D eigenvalue weighted by atomic mass is 9.41. The van der Waals surface area contributed by atoms with Gasteiger partial charge in [0.1, 0.15) is 0 Å². The smallest absolute Gasteiger partial charge is 0.0673 e. The molecule has 0 aromatic rings. The highest BCUT2D eigenvalue weighted by Gasteiger charge is 2.62. The van der Waals surface area contributed by atoms with E-state index < -0.39 is 5.60 Å². The second-order valence-corrected chi connectivity index (χ2v) is 7.53. The summed E-state index contributed by atoms with van der Waals surface area (Å²) in [4.78, 5) is 0. The van der Waals surface area contributed by atoms with Crippen LogP contribution in [0.3, 0.4) is 0 Å². The number of rotatable bonds is 3. The Kier molecular flexibility index (Phi) is 2.45. The summed E-state index contributed by atoms with van der Waals surface area (Å²) in [6.45, 7) is 4.47. The van der Waals surface area contributed by atoms with Crippen molar-refractivity contribution < 1.29 is 10.2 Å². The van der Waals surface area contributed by atoms with Crippen LogP contribution in [0.2, 0.25) is 0 Å². The quantitative estimate of drug-likeness (QED) is 0.793. The first kappa shape index (κ1) is 12.0. The van der Waals surface area contributed by atoms with Crippen LogP contribution in [0.25, 0.3) is 0 Å². The van der Waals surface area contributed by atoms with Crippen LogP contribution in [0.4, 0.5) is 0 Å². The van der Waals surface area contributed by atoms with Crippen molar-refractivity contribution in [3.8, 4) is 0 Å². The van der Waals surface area contributed by atoms with Crippen molar-refractivity contribution in [2.45, 2.75) is 64.4 Å². The molecule has 98 valence electrons. The van der Waals surface area contributed by atoms with Gasteiger partial charge in [0.25, 0.3) is 0 Å². The zero-order valence-electron chi connectivity index (χ0n) is 11.2. The third-order valence-corrected chi connectivity index (χ3v) is 6.35. The topological polar surface area (TPSA) is 40.5 Å². The predicted octanol–water partition coefficient (Wildman–Crippen LogP) is 2.73. The highest BCUT2D eigenvalue weighted by Crippen LogP contribution is 2.68. The largest absolute Gasteiger partial charge is 0.396 e. The Morgan fingerprint density at radius 1 is 1.18 bits per heavy atom. The minimum Gasteiger partial charge on any atom is -0.396 e. The van der Waals surface area contributed by atoms with Crippen molar-refractivity contribution in [3.05, 3.63) is 0 Å². The Balaban J connectivity index is 1.97. The lowest BCUT2D eigenvalue weighted by Gasteiger charge is -2.65. The average Bonchev–Trinajstić information content (AvgIpc) is 2.27. The Morgan fingerprint density at radius 3 is 2.24 bits per heavy atom. The van der Waals surface area contributed by atoms with Crippen LogP contribution in [-0.4, -0.2) is 22.4 Å². The summed E-state index contributed by atoms with van der Waals surface area (Å²) in [5, 5.41) is 20.6. The maximum Gasteiger partial charge on any atom is 0.0673 e. The van der Waals surface area contributed by atoms with Gasteiger partial charge >= 0.3 is 0 Å². The van der Waals surface area contributed by atoms with E-state index >= 15 is 0 Å².